The fourth-order valence-corrected chi connectivity index (χ4v) is 0.912. The zero-order chi connectivity index (χ0) is 11.8. The lowest BCUT2D eigenvalue weighted by atomic mass is 10.1. The van der Waals surface area contributed by atoms with Crippen LogP contribution in [0, 0.1) is 5.92 Å². The molecule has 6 heteroatoms. The molecule has 0 spiro atoms. The predicted molar refractivity (Wildman–Crippen MR) is 54.4 cm³/mol. The van der Waals surface area contributed by atoms with Crippen molar-refractivity contribution in [3.8, 4) is 0 Å². The Morgan fingerprint density at radius 3 is 2.40 bits per heavy atom. The van der Waals surface area contributed by atoms with Crippen LogP contribution < -0.4 is 10.6 Å². The van der Waals surface area contributed by atoms with Crippen molar-refractivity contribution in [3.05, 3.63) is 0 Å². The van der Waals surface area contributed by atoms with Crippen LogP contribution in [-0.4, -0.2) is 47.8 Å². The van der Waals surface area contributed by atoms with Gasteiger partial charge < -0.3 is 20.8 Å². The van der Waals surface area contributed by atoms with Gasteiger partial charge in [0, 0.05) is 12.5 Å². The fraction of sp³-hybridized carbons (Fsp3) is 0.778. The van der Waals surface area contributed by atoms with Gasteiger partial charge in [0.15, 0.2) is 6.10 Å². The Morgan fingerprint density at radius 2 is 1.93 bits per heavy atom. The number of hydrogen-bond donors (Lipinski definition) is 4. The second-order valence-corrected chi connectivity index (χ2v) is 3.31. The fourth-order valence-electron chi connectivity index (χ4n) is 0.912. The summed E-state index contributed by atoms with van der Waals surface area (Å²) in [5.41, 5.74) is 0. The Labute approximate surface area is 88.7 Å². The Hall–Kier alpha value is -1.14. The standard InChI is InChI=1S/C9H18N2O4/c1-3-10-4-6(2)8(13)11-5-7(12)9(14)15/h6-7,10,12H,3-5H2,1-2H3,(H,11,13)(H,14,15)/t6?,7-/m0/s1. The highest BCUT2D eigenvalue weighted by Crippen LogP contribution is 1.92. The first kappa shape index (κ1) is 13.9. The molecule has 0 aromatic rings. The molecule has 1 amide bonds. The lowest BCUT2D eigenvalue weighted by molar-refractivity contribution is -0.146. The zero-order valence-corrected chi connectivity index (χ0v) is 8.99. The molecule has 88 valence electrons. The van der Waals surface area contributed by atoms with E-state index in [0.717, 1.165) is 6.54 Å². The first-order chi connectivity index (χ1) is 6.99. The summed E-state index contributed by atoms with van der Waals surface area (Å²) in [5, 5.41) is 22.6. The zero-order valence-electron chi connectivity index (χ0n) is 8.99. The van der Waals surface area contributed by atoms with Crippen LogP contribution in [0.5, 0.6) is 0 Å². The van der Waals surface area contributed by atoms with E-state index in [9.17, 15) is 9.59 Å². The Morgan fingerprint density at radius 1 is 1.33 bits per heavy atom. The Kier molecular flexibility index (Phi) is 6.64. The number of aliphatic carboxylic acids is 1. The summed E-state index contributed by atoms with van der Waals surface area (Å²) >= 11 is 0. The third-order valence-corrected chi connectivity index (χ3v) is 1.90. The van der Waals surface area contributed by atoms with Crippen LogP contribution >= 0.6 is 0 Å². The topological polar surface area (TPSA) is 98.7 Å². The van der Waals surface area contributed by atoms with Crippen LogP contribution in [0.2, 0.25) is 0 Å². The average molecular weight is 218 g/mol. The van der Waals surface area contributed by atoms with E-state index >= 15 is 0 Å². The van der Waals surface area contributed by atoms with Crippen molar-refractivity contribution < 1.29 is 19.8 Å². The second kappa shape index (κ2) is 7.19. The maximum Gasteiger partial charge on any atom is 0.334 e. The van der Waals surface area contributed by atoms with E-state index in [4.69, 9.17) is 10.2 Å². The van der Waals surface area contributed by atoms with Gasteiger partial charge in [-0.3, -0.25) is 4.79 Å². The van der Waals surface area contributed by atoms with Gasteiger partial charge in [0.2, 0.25) is 5.91 Å². The number of rotatable bonds is 7. The minimum atomic E-state index is -1.54. The number of carboxylic acids is 1. The molecule has 4 N–H and O–H groups in total. The molecule has 0 heterocycles. The molecule has 0 bridgehead atoms. The summed E-state index contributed by atoms with van der Waals surface area (Å²) in [6, 6.07) is 0. The minimum Gasteiger partial charge on any atom is -0.479 e. The van der Waals surface area contributed by atoms with Crippen molar-refractivity contribution in [2.45, 2.75) is 20.0 Å². The molecule has 0 fully saturated rings. The maximum absolute atomic E-state index is 11.3. The van der Waals surface area contributed by atoms with Gasteiger partial charge in [-0.1, -0.05) is 13.8 Å². The Balaban J connectivity index is 3.77. The number of aliphatic hydroxyl groups excluding tert-OH is 1. The largest absolute Gasteiger partial charge is 0.479 e. The highest BCUT2D eigenvalue weighted by Gasteiger charge is 2.17. The predicted octanol–water partition coefficient (Wildman–Crippen LogP) is -1.21. The monoisotopic (exact) mass is 218 g/mol. The molecule has 0 aliphatic heterocycles. The van der Waals surface area contributed by atoms with Gasteiger partial charge in [-0.2, -0.15) is 0 Å². The summed E-state index contributed by atoms with van der Waals surface area (Å²) < 4.78 is 0. The summed E-state index contributed by atoms with van der Waals surface area (Å²) in [7, 11) is 0. The smallest absolute Gasteiger partial charge is 0.334 e. The second-order valence-electron chi connectivity index (χ2n) is 3.31. The molecule has 0 aliphatic rings. The van der Waals surface area contributed by atoms with Crippen molar-refractivity contribution in [3.63, 3.8) is 0 Å². The quantitative estimate of drug-likeness (QED) is 0.430. The van der Waals surface area contributed by atoms with Crippen molar-refractivity contribution in [1.29, 1.82) is 0 Å². The Bertz CT molecular complexity index is 220. The van der Waals surface area contributed by atoms with Gasteiger partial charge in [-0.25, -0.2) is 4.79 Å². The van der Waals surface area contributed by atoms with Gasteiger partial charge in [0.05, 0.1) is 6.54 Å². The lowest BCUT2D eigenvalue weighted by Gasteiger charge is -2.13. The number of nitrogens with one attached hydrogen (secondary N) is 2. The number of carbonyl (C=O) groups is 2. The molecular weight excluding hydrogens is 200 g/mol. The van der Waals surface area contributed by atoms with E-state index in [1.807, 2.05) is 6.92 Å². The summed E-state index contributed by atoms with van der Waals surface area (Å²) in [4.78, 5) is 21.6. The molecule has 1 unspecified atom stereocenters. The average Bonchev–Trinajstić information content (AvgIpc) is 2.21. The molecule has 0 aromatic carbocycles. The molecule has 0 aliphatic carbocycles. The molecule has 2 atom stereocenters. The lowest BCUT2D eigenvalue weighted by Crippen LogP contribution is -2.41. The van der Waals surface area contributed by atoms with Gasteiger partial charge in [-0.15, -0.1) is 0 Å². The van der Waals surface area contributed by atoms with Gasteiger partial charge in [-0.05, 0) is 6.54 Å². The van der Waals surface area contributed by atoms with Crippen molar-refractivity contribution in [2.24, 2.45) is 5.92 Å². The van der Waals surface area contributed by atoms with E-state index in [-0.39, 0.29) is 18.4 Å². The third-order valence-electron chi connectivity index (χ3n) is 1.90. The highest BCUT2D eigenvalue weighted by atomic mass is 16.4. The van der Waals surface area contributed by atoms with Crippen LogP contribution in [0.25, 0.3) is 0 Å². The van der Waals surface area contributed by atoms with Gasteiger partial charge >= 0.3 is 5.97 Å². The molecule has 0 saturated heterocycles. The van der Waals surface area contributed by atoms with Crippen LogP contribution in [0.4, 0.5) is 0 Å². The van der Waals surface area contributed by atoms with Crippen LogP contribution in [-0.2, 0) is 9.59 Å². The molecule has 0 saturated carbocycles. The number of carboxylic acid groups (broad SMARTS) is 1. The summed E-state index contributed by atoms with van der Waals surface area (Å²) in [6.45, 7) is 4.70. The molecular formula is C9H18N2O4. The minimum absolute atomic E-state index is 0.244. The first-order valence-electron chi connectivity index (χ1n) is 4.88. The number of amides is 1. The van der Waals surface area contributed by atoms with Crippen molar-refractivity contribution in [1.82, 2.24) is 10.6 Å². The van der Waals surface area contributed by atoms with Crippen molar-refractivity contribution in [2.75, 3.05) is 19.6 Å². The highest BCUT2D eigenvalue weighted by molar-refractivity contribution is 5.79. The summed E-state index contributed by atoms with van der Waals surface area (Å²) in [6.07, 6.45) is -1.54. The molecule has 0 radical (unpaired) electrons. The molecule has 6 nitrogen and oxygen atoms in total. The van der Waals surface area contributed by atoms with E-state index < -0.39 is 12.1 Å². The summed E-state index contributed by atoms with van der Waals surface area (Å²) in [5.74, 6) is -1.85. The van der Waals surface area contributed by atoms with E-state index in [1.165, 1.54) is 0 Å². The van der Waals surface area contributed by atoms with E-state index in [1.54, 1.807) is 6.92 Å². The van der Waals surface area contributed by atoms with Crippen molar-refractivity contribution >= 4 is 11.9 Å². The van der Waals surface area contributed by atoms with Gasteiger partial charge in [0.1, 0.15) is 0 Å². The SMILES string of the molecule is CCNCC(C)C(=O)NC[C@H](O)C(=O)O. The van der Waals surface area contributed by atoms with E-state index in [0.29, 0.717) is 6.54 Å². The van der Waals surface area contributed by atoms with Crippen LogP contribution in [0.15, 0.2) is 0 Å². The number of aliphatic hydroxyl groups is 1. The number of hydrogen-bond acceptors (Lipinski definition) is 4. The first-order valence-corrected chi connectivity index (χ1v) is 4.88. The maximum atomic E-state index is 11.3. The van der Waals surface area contributed by atoms with Crippen LogP contribution in [0.1, 0.15) is 13.8 Å². The molecule has 0 rings (SSSR count). The third kappa shape index (κ3) is 6.03. The molecule has 0 aromatic heterocycles. The number of carbonyl (C=O) groups excluding carboxylic acids is 1. The van der Waals surface area contributed by atoms with E-state index in [2.05, 4.69) is 10.6 Å². The van der Waals surface area contributed by atoms with Crippen LogP contribution in [0.3, 0.4) is 0 Å². The normalized spacial score (nSPS) is 14.3. The van der Waals surface area contributed by atoms with Gasteiger partial charge in [0.25, 0.3) is 0 Å². The molecule has 15 heavy (non-hydrogen) atoms.